The number of hydrogen-bond donors (Lipinski definition) is 0. The standard InChI is InChI=1S/C56H38N2/c1-35-19-23-39(24-20-35)57(37-11-5-3-6-12-37)51-33-31-43-47-29-28-46-42-16-10-18-50-52(58(38-13-7-4-8-14-38)40-25-21-36(2)22-26-40)34-32-44(54(42)50)48-30-27-45(55(47)56(46)48)41-15-9-17-49(51)53(41)43/h3-34H,1-2H3. The summed E-state index contributed by atoms with van der Waals surface area (Å²) in [7, 11) is 0. The second-order valence-electron chi connectivity index (χ2n) is 15.8. The van der Waals surface area contributed by atoms with Crippen molar-refractivity contribution in [2.24, 2.45) is 0 Å². The predicted octanol–water partition coefficient (Wildman–Crippen LogP) is 16.2. The minimum atomic E-state index is 1.14. The third kappa shape index (κ3) is 4.72. The lowest BCUT2D eigenvalue weighted by atomic mass is 9.83. The van der Waals surface area contributed by atoms with E-state index in [2.05, 4.69) is 218 Å². The van der Waals surface area contributed by atoms with E-state index in [-0.39, 0.29) is 0 Å². The van der Waals surface area contributed by atoms with Crippen molar-refractivity contribution in [3.8, 4) is 0 Å². The first-order valence-electron chi connectivity index (χ1n) is 20.2. The van der Waals surface area contributed by atoms with Crippen LogP contribution in [0.4, 0.5) is 34.1 Å². The molecule has 0 saturated carbocycles. The van der Waals surface area contributed by atoms with Crippen molar-refractivity contribution < 1.29 is 0 Å². The van der Waals surface area contributed by atoms with Crippen LogP contribution in [0.25, 0.3) is 75.4 Å². The quantitative estimate of drug-likeness (QED) is 0.124. The van der Waals surface area contributed by atoms with Crippen LogP contribution in [-0.2, 0) is 0 Å². The lowest BCUT2D eigenvalue weighted by Gasteiger charge is -2.28. The molecule has 0 atom stereocenters. The Morgan fingerprint density at radius 2 is 0.517 bits per heavy atom. The van der Waals surface area contributed by atoms with E-state index in [4.69, 9.17) is 0 Å². The molecule has 58 heavy (non-hydrogen) atoms. The van der Waals surface area contributed by atoms with E-state index in [1.54, 1.807) is 0 Å². The highest BCUT2D eigenvalue weighted by atomic mass is 15.1. The highest BCUT2D eigenvalue weighted by Gasteiger charge is 2.24. The maximum Gasteiger partial charge on any atom is 0.0540 e. The fourth-order valence-electron chi connectivity index (χ4n) is 9.86. The van der Waals surface area contributed by atoms with E-state index in [9.17, 15) is 0 Å². The molecule has 12 aromatic rings. The first kappa shape index (κ1) is 32.8. The molecular weight excluding hydrogens is 701 g/mol. The molecule has 2 heteroatoms. The van der Waals surface area contributed by atoms with Gasteiger partial charge < -0.3 is 9.80 Å². The largest absolute Gasteiger partial charge is 0.310 e. The molecule has 2 nitrogen and oxygen atoms in total. The molecule has 0 aromatic heterocycles. The fourth-order valence-corrected chi connectivity index (χ4v) is 9.86. The van der Waals surface area contributed by atoms with Crippen LogP contribution in [0.15, 0.2) is 194 Å². The van der Waals surface area contributed by atoms with Gasteiger partial charge in [0.25, 0.3) is 0 Å². The van der Waals surface area contributed by atoms with Gasteiger partial charge in [-0.25, -0.2) is 0 Å². The van der Waals surface area contributed by atoms with Gasteiger partial charge in [0.1, 0.15) is 0 Å². The number of nitrogens with zero attached hydrogens (tertiary/aromatic N) is 2. The van der Waals surface area contributed by atoms with Crippen LogP contribution in [0.1, 0.15) is 11.1 Å². The number of benzene rings is 12. The zero-order chi connectivity index (χ0) is 38.5. The SMILES string of the molecule is Cc1ccc(N(c2ccccc2)c2ccc3c4ccc5c6cccc7c(N(c8ccccc8)c8ccc(C)cc8)ccc(c8ccc(c9cccc2c93)c4c58)c76)cc1. The van der Waals surface area contributed by atoms with Gasteiger partial charge >= 0.3 is 0 Å². The number of fused-ring (bicyclic) bond motifs is 4. The molecular formula is C56H38N2. The molecule has 0 radical (unpaired) electrons. The van der Waals surface area contributed by atoms with E-state index in [0.717, 1.165) is 22.7 Å². The van der Waals surface area contributed by atoms with Crippen molar-refractivity contribution in [2.75, 3.05) is 9.80 Å². The normalized spacial score (nSPS) is 12.0. The van der Waals surface area contributed by atoms with Crippen LogP contribution < -0.4 is 9.80 Å². The molecule has 0 bridgehead atoms. The number of rotatable bonds is 6. The lowest BCUT2D eigenvalue weighted by Crippen LogP contribution is -2.10. The van der Waals surface area contributed by atoms with E-state index in [0.29, 0.717) is 0 Å². The van der Waals surface area contributed by atoms with Gasteiger partial charge in [-0.15, -0.1) is 0 Å². The minimum absolute atomic E-state index is 1.14. The van der Waals surface area contributed by atoms with Gasteiger partial charge in [-0.3, -0.25) is 0 Å². The summed E-state index contributed by atoms with van der Waals surface area (Å²) >= 11 is 0. The maximum atomic E-state index is 2.40. The summed E-state index contributed by atoms with van der Waals surface area (Å²) in [6.45, 7) is 4.30. The van der Waals surface area contributed by atoms with Gasteiger partial charge in [0.15, 0.2) is 0 Å². The summed E-state index contributed by atoms with van der Waals surface area (Å²) in [5, 5.41) is 18.2. The Hall–Kier alpha value is -7.42. The van der Waals surface area contributed by atoms with Crippen LogP contribution >= 0.6 is 0 Å². The van der Waals surface area contributed by atoms with Crippen LogP contribution in [-0.4, -0.2) is 0 Å². The second-order valence-corrected chi connectivity index (χ2v) is 15.8. The fraction of sp³-hybridized carbons (Fsp3) is 0.0357. The molecule has 272 valence electrons. The van der Waals surface area contributed by atoms with Gasteiger partial charge in [-0.1, -0.05) is 145 Å². The lowest BCUT2D eigenvalue weighted by molar-refractivity contribution is 1.29. The summed E-state index contributed by atoms with van der Waals surface area (Å²) in [6.07, 6.45) is 0. The molecule has 0 spiro atoms. The molecule has 0 aliphatic heterocycles. The van der Waals surface area contributed by atoms with Crippen molar-refractivity contribution in [3.05, 3.63) is 205 Å². The van der Waals surface area contributed by atoms with E-state index < -0.39 is 0 Å². The molecule has 0 fully saturated rings. The molecule has 12 rings (SSSR count). The van der Waals surface area contributed by atoms with E-state index in [1.807, 2.05) is 0 Å². The van der Waals surface area contributed by atoms with Crippen molar-refractivity contribution in [1.82, 2.24) is 0 Å². The second kappa shape index (κ2) is 12.5. The van der Waals surface area contributed by atoms with Gasteiger partial charge in [-0.05, 0) is 139 Å². The Morgan fingerprint density at radius 1 is 0.224 bits per heavy atom. The number of anilines is 6. The van der Waals surface area contributed by atoms with E-state index in [1.165, 1.54) is 97.9 Å². The molecule has 12 aromatic carbocycles. The summed E-state index contributed by atoms with van der Waals surface area (Å²) in [4.78, 5) is 4.81. The Morgan fingerprint density at radius 3 is 0.897 bits per heavy atom. The smallest absolute Gasteiger partial charge is 0.0540 e. The van der Waals surface area contributed by atoms with Crippen LogP contribution in [0.5, 0.6) is 0 Å². The Balaban J connectivity index is 1.13. The number of aryl methyl sites for hydroxylation is 2. The van der Waals surface area contributed by atoms with Gasteiger partial charge in [0.2, 0.25) is 0 Å². The number of para-hydroxylation sites is 2. The topological polar surface area (TPSA) is 6.48 Å². The highest BCUT2D eigenvalue weighted by Crippen LogP contribution is 2.51. The molecule has 0 amide bonds. The maximum absolute atomic E-state index is 2.40. The Bertz CT molecular complexity index is 3190. The summed E-state index contributed by atoms with van der Waals surface area (Å²) < 4.78 is 0. The monoisotopic (exact) mass is 738 g/mol. The zero-order valence-corrected chi connectivity index (χ0v) is 32.4. The van der Waals surface area contributed by atoms with Crippen LogP contribution in [0, 0.1) is 13.8 Å². The van der Waals surface area contributed by atoms with Gasteiger partial charge in [-0.2, -0.15) is 0 Å². The summed E-state index contributed by atoms with van der Waals surface area (Å²) in [5.74, 6) is 0. The van der Waals surface area contributed by atoms with Crippen molar-refractivity contribution in [1.29, 1.82) is 0 Å². The molecule has 0 N–H and O–H groups in total. The van der Waals surface area contributed by atoms with E-state index >= 15 is 0 Å². The Kier molecular flexibility index (Phi) is 7.09. The summed E-state index contributed by atoms with van der Waals surface area (Å²) in [5.41, 5.74) is 9.43. The first-order chi connectivity index (χ1) is 28.6. The van der Waals surface area contributed by atoms with Crippen molar-refractivity contribution >= 4 is 110 Å². The highest BCUT2D eigenvalue weighted by molar-refractivity contribution is 6.43. The van der Waals surface area contributed by atoms with Crippen molar-refractivity contribution in [2.45, 2.75) is 13.8 Å². The summed E-state index contributed by atoms with van der Waals surface area (Å²) in [6, 6.07) is 72.0. The Labute approximate surface area is 337 Å². The zero-order valence-electron chi connectivity index (χ0n) is 32.4. The molecule has 0 saturated heterocycles. The molecule has 0 unspecified atom stereocenters. The molecule has 0 aliphatic carbocycles. The van der Waals surface area contributed by atoms with Gasteiger partial charge in [0.05, 0.1) is 11.4 Å². The third-order valence-electron chi connectivity index (χ3n) is 12.5. The average molecular weight is 739 g/mol. The number of hydrogen-bond acceptors (Lipinski definition) is 2. The first-order valence-corrected chi connectivity index (χ1v) is 20.2. The minimum Gasteiger partial charge on any atom is -0.310 e. The van der Waals surface area contributed by atoms with Crippen molar-refractivity contribution in [3.63, 3.8) is 0 Å². The van der Waals surface area contributed by atoms with Crippen LogP contribution in [0.2, 0.25) is 0 Å². The third-order valence-corrected chi connectivity index (χ3v) is 12.5. The van der Waals surface area contributed by atoms with Crippen LogP contribution in [0.3, 0.4) is 0 Å². The molecule has 0 heterocycles. The average Bonchev–Trinajstić information content (AvgIpc) is 3.28. The molecule has 0 aliphatic rings. The van der Waals surface area contributed by atoms with Gasteiger partial charge in [0, 0.05) is 33.5 Å². The predicted molar refractivity (Wildman–Crippen MR) is 250 cm³/mol.